The van der Waals surface area contributed by atoms with Gasteiger partial charge in [0.1, 0.15) is 5.60 Å². The van der Waals surface area contributed by atoms with Crippen molar-refractivity contribution in [3.05, 3.63) is 29.8 Å². The fourth-order valence-electron chi connectivity index (χ4n) is 1.26. The van der Waals surface area contributed by atoms with Crippen molar-refractivity contribution in [3.8, 4) is 0 Å². The maximum absolute atomic E-state index is 9.84. The Bertz CT molecular complexity index is 277. The number of hydrogen-bond donors (Lipinski definition) is 1. The van der Waals surface area contributed by atoms with E-state index in [0.717, 1.165) is 10.9 Å². The second-order valence-electron chi connectivity index (χ2n) is 3.15. The molecule has 0 bridgehead atoms. The first-order chi connectivity index (χ1) is 5.71. The highest BCUT2D eigenvalue weighted by Gasteiger charge is 2.37. The summed E-state index contributed by atoms with van der Waals surface area (Å²) in [6.07, 6.45) is 0. The summed E-state index contributed by atoms with van der Waals surface area (Å²) in [6.45, 7) is 0.840. The molecule has 12 heavy (non-hydrogen) atoms. The first-order valence-electron chi connectivity index (χ1n) is 3.87. The average molecular weight is 182 g/mol. The van der Waals surface area contributed by atoms with Gasteiger partial charge in [0, 0.05) is 0 Å². The Balaban J connectivity index is 2.28. The van der Waals surface area contributed by atoms with E-state index in [0.29, 0.717) is 13.2 Å². The maximum atomic E-state index is 9.84. The lowest BCUT2D eigenvalue weighted by Crippen LogP contribution is -2.46. The van der Waals surface area contributed by atoms with Gasteiger partial charge in [-0.15, -0.1) is 9.24 Å². The summed E-state index contributed by atoms with van der Waals surface area (Å²) >= 11 is 0. The monoisotopic (exact) mass is 182 g/mol. The van der Waals surface area contributed by atoms with Crippen molar-refractivity contribution in [2.75, 3.05) is 13.2 Å². The Labute approximate surface area is 73.8 Å². The second-order valence-corrected chi connectivity index (χ2v) is 3.81. The molecule has 1 N–H and O–H groups in total. The molecule has 1 saturated heterocycles. The molecule has 3 heteroatoms. The van der Waals surface area contributed by atoms with Gasteiger partial charge in [0.05, 0.1) is 13.2 Å². The first kappa shape index (κ1) is 8.18. The van der Waals surface area contributed by atoms with Crippen LogP contribution in [0.3, 0.4) is 0 Å². The summed E-state index contributed by atoms with van der Waals surface area (Å²) in [5, 5.41) is 11.0. The highest BCUT2D eigenvalue weighted by Crippen LogP contribution is 2.28. The Kier molecular flexibility index (Phi) is 1.91. The lowest BCUT2D eigenvalue weighted by Gasteiger charge is -2.36. The molecule has 0 aliphatic carbocycles. The van der Waals surface area contributed by atoms with Crippen molar-refractivity contribution in [2.45, 2.75) is 5.60 Å². The molecule has 1 fully saturated rings. The van der Waals surface area contributed by atoms with Crippen LogP contribution in [0.25, 0.3) is 0 Å². The minimum Gasteiger partial charge on any atom is -0.380 e. The number of aliphatic hydroxyl groups is 1. The SMILES string of the molecule is OC1(c2ccc(P)cc2)COC1. The Morgan fingerprint density at radius 3 is 2.25 bits per heavy atom. The Morgan fingerprint density at radius 1 is 1.25 bits per heavy atom. The van der Waals surface area contributed by atoms with E-state index < -0.39 is 5.60 Å². The molecule has 0 amide bonds. The number of ether oxygens (including phenoxy) is 1. The van der Waals surface area contributed by atoms with Gasteiger partial charge in [-0.3, -0.25) is 0 Å². The van der Waals surface area contributed by atoms with Crippen LogP contribution in [0.15, 0.2) is 24.3 Å². The summed E-state index contributed by atoms with van der Waals surface area (Å²) in [5.41, 5.74) is 0.221. The van der Waals surface area contributed by atoms with Gasteiger partial charge in [-0.05, 0) is 10.9 Å². The normalized spacial score (nSPS) is 20.2. The molecule has 1 unspecified atom stereocenters. The minimum absolute atomic E-state index is 0.420. The van der Waals surface area contributed by atoms with Crippen LogP contribution in [0.4, 0.5) is 0 Å². The molecule has 0 spiro atoms. The first-order valence-corrected chi connectivity index (χ1v) is 4.45. The number of rotatable bonds is 1. The van der Waals surface area contributed by atoms with Crippen LogP contribution in [0, 0.1) is 0 Å². The highest BCUT2D eigenvalue weighted by atomic mass is 31.0. The lowest BCUT2D eigenvalue weighted by atomic mass is 9.92. The molecule has 0 aromatic heterocycles. The fourth-order valence-corrected chi connectivity index (χ4v) is 1.45. The number of hydrogen-bond acceptors (Lipinski definition) is 2. The summed E-state index contributed by atoms with van der Waals surface area (Å²) in [7, 11) is 2.61. The summed E-state index contributed by atoms with van der Waals surface area (Å²) < 4.78 is 4.97. The van der Waals surface area contributed by atoms with Gasteiger partial charge in [0.15, 0.2) is 0 Å². The third-order valence-corrected chi connectivity index (χ3v) is 2.51. The van der Waals surface area contributed by atoms with Crippen molar-refractivity contribution in [1.29, 1.82) is 0 Å². The molecule has 1 aliphatic rings. The van der Waals surface area contributed by atoms with E-state index in [2.05, 4.69) is 9.24 Å². The van der Waals surface area contributed by atoms with Crippen molar-refractivity contribution in [2.24, 2.45) is 0 Å². The van der Waals surface area contributed by atoms with Crippen LogP contribution >= 0.6 is 9.24 Å². The van der Waals surface area contributed by atoms with Gasteiger partial charge in [-0.2, -0.15) is 0 Å². The largest absolute Gasteiger partial charge is 0.380 e. The van der Waals surface area contributed by atoms with E-state index in [1.165, 1.54) is 0 Å². The van der Waals surface area contributed by atoms with Crippen molar-refractivity contribution < 1.29 is 9.84 Å². The van der Waals surface area contributed by atoms with Crippen molar-refractivity contribution >= 4 is 14.5 Å². The lowest BCUT2D eigenvalue weighted by molar-refractivity contribution is -0.184. The van der Waals surface area contributed by atoms with E-state index in [4.69, 9.17) is 4.74 Å². The molecular formula is C9H11O2P. The molecule has 64 valence electrons. The maximum Gasteiger partial charge on any atom is 0.136 e. The van der Waals surface area contributed by atoms with Gasteiger partial charge < -0.3 is 9.84 Å². The van der Waals surface area contributed by atoms with E-state index in [1.807, 2.05) is 24.3 Å². The van der Waals surface area contributed by atoms with Crippen LogP contribution in [0.5, 0.6) is 0 Å². The van der Waals surface area contributed by atoms with Crippen LogP contribution in [-0.2, 0) is 10.3 Å². The quantitative estimate of drug-likeness (QED) is 0.637. The fraction of sp³-hybridized carbons (Fsp3) is 0.333. The third-order valence-electron chi connectivity index (χ3n) is 2.13. The zero-order valence-corrected chi connectivity index (χ0v) is 7.81. The smallest absolute Gasteiger partial charge is 0.136 e. The molecule has 1 aliphatic heterocycles. The molecule has 1 heterocycles. The third kappa shape index (κ3) is 1.27. The zero-order valence-electron chi connectivity index (χ0n) is 6.66. The van der Waals surface area contributed by atoms with Crippen LogP contribution in [0.2, 0.25) is 0 Å². The van der Waals surface area contributed by atoms with E-state index in [1.54, 1.807) is 0 Å². The van der Waals surface area contributed by atoms with Gasteiger partial charge in [0.25, 0.3) is 0 Å². The minimum atomic E-state index is -0.724. The standard InChI is InChI=1S/C9H11O2P/c10-9(5-11-6-9)7-1-3-8(12)4-2-7/h1-4,10H,5-6,12H2. The second kappa shape index (κ2) is 2.81. The summed E-state index contributed by atoms with van der Waals surface area (Å²) in [4.78, 5) is 0. The summed E-state index contributed by atoms with van der Waals surface area (Å²) in [6, 6.07) is 7.81. The number of benzene rings is 1. The van der Waals surface area contributed by atoms with E-state index in [9.17, 15) is 5.11 Å². The molecule has 0 saturated carbocycles. The van der Waals surface area contributed by atoms with Crippen LogP contribution < -0.4 is 5.30 Å². The van der Waals surface area contributed by atoms with Gasteiger partial charge >= 0.3 is 0 Å². The predicted octanol–water partition coefficient (Wildman–Crippen LogP) is 0.405. The van der Waals surface area contributed by atoms with Gasteiger partial charge in [-0.25, -0.2) is 0 Å². The van der Waals surface area contributed by atoms with Crippen molar-refractivity contribution in [1.82, 2.24) is 0 Å². The molecule has 1 aromatic rings. The topological polar surface area (TPSA) is 29.5 Å². The molecule has 1 aromatic carbocycles. The molecule has 0 radical (unpaired) electrons. The Morgan fingerprint density at radius 2 is 1.83 bits per heavy atom. The molecule has 1 atom stereocenters. The van der Waals surface area contributed by atoms with Crippen LogP contribution in [0.1, 0.15) is 5.56 Å². The van der Waals surface area contributed by atoms with Crippen molar-refractivity contribution in [3.63, 3.8) is 0 Å². The molecule has 2 nitrogen and oxygen atoms in total. The van der Waals surface area contributed by atoms with Crippen LogP contribution in [-0.4, -0.2) is 18.3 Å². The zero-order chi connectivity index (χ0) is 8.60. The predicted molar refractivity (Wildman–Crippen MR) is 50.5 cm³/mol. The van der Waals surface area contributed by atoms with E-state index in [-0.39, 0.29) is 0 Å². The molecular weight excluding hydrogens is 171 g/mol. The van der Waals surface area contributed by atoms with E-state index >= 15 is 0 Å². The average Bonchev–Trinajstić information content (AvgIpc) is 2.02. The Hall–Kier alpha value is -0.430. The highest BCUT2D eigenvalue weighted by molar-refractivity contribution is 7.27. The van der Waals surface area contributed by atoms with Gasteiger partial charge in [0.2, 0.25) is 0 Å². The summed E-state index contributed by atoms with van der Waals surface area (Å²) in [5.74, 6) is 0. The molecule has 2 rings (SSSR count). The van der Waals surface area contributed by atoms with Gasteiger partial charge in [-0.1, -0.05) is 24.3 Å².